The molecule has 1 fully saturated rings. The van der Waals surface area contributed by atoms with Crippen LogP contribution < -0.4 is 10.6 Å². The van der Waals surface area contributed by atoms with Gasteiger partial charge in [0.05, 0.1) is 11.8 Å². The van der Waals surface area contributed by atoms with Crippen LogP contribution in [-0.4, -0.2) is 33.2 Å². The van der Waals surface area contributed by atoms with Crippen molar-refractivity contribution in [2.45, 2.75) is 31.6 Å². The van der Waals surface area contributed by atoms with Crippen LogP contribution in [0.5, 0.6) is 0 Å². The molecule has 1 amide bonds. The third-order valence-corrected chi connectivity index (χ3v) is 4.33. The van der Waals surface area contributed by atoms with E-state index in [2.05, 4.69) is 10.6 Å². The quantitative estimate of drug-likeness (QED) is 0.876. The molecule has 0 aliphatic carbocycles. The van der Waals surface area contributed by atoms with E-state index >= 15 is 0 Å². The number of hydrogen-bond donors (Lipinski definition) is 2. The second-order valence-corrected chi connectivity index (χ2v) is 7.44. The zero-order valence-corrected chi connectivity index (χ0v) is 12.6. The van der Waals surface area contributed by atoms with Crippen LogP contribution >= 0.6 is 0 Å². The van der Waals surface area contributed by atoms with Gasteiger partial charge in [0.15, 0.2) is 9.84 Å². The van der Waals surface area contributed by atoms with Gasteiger partial charge >= 0.3 is 0 Å². The molecule has 0 bridgehead atoms. The molecule has 0 spiro atoms. The number of anilines is 1. The number of sulfone groups is 1. The smallest absolute Gasteiger partial charge is 0.241 e. The average Bonchev–Trinajstić information content (AvgIpc) is 2.86. The zero-order chi connectivity index (χ0) is 14.8. The van der Waals surface area contributed by atoms with E-state index in [9.17, 15) is 13.2 Å². The van der Waals surface area contributed by atoms with Gasteiger partial charge in [-0.15, -0.1) is 0 Å². The van der Waals surface area contributed by atoms with E-state index in [-0.39, 0.29) is 17.7 Å². The van der Waals surface area contributed by atoms with Gasteiger partial charge in [-0.3, -0.25) is 4.79 Å². The monoisotopic (exact) mass is 296 g/mol. The van der Waals surface area contributed by atoms with Gasteiger partial charge in [0.1, 0.15) is 0 Å². The largest absolute Gasteiger partial charge is 0.324 e. The molecular formula is C14H20N2O3S. The maximum absolute atomic E-state index is 12.1. The van der Waals surface area contributed by atoms with E-state index in [0.717, 1.165) is 30.5 Å². The lowest BCUT2D eigenvalue weighted by molar-refractivity contribution is -0.117. The van der Waals surface area contributed by atoms with Crippen molar-refractivity contribution in [3.8, 4) is 0 Å². The van der Waals surface area contributed by atoms with Crippen LogP contribution in [0.1, 0.15) is 24.0 Å². The fourth-order valence-corrected chi connectivity index (χ4v) is 3.26. The minimum Gasteiger partial charge on any atom is -0.324 e. The molecule has 1 unspecified atom stereocenters. The molecule has 110 valence electrons. The Kier molecular flexibility index (Phi) is 4.45. The summed E-state index contributed by atoms with van der Waals surface area (Å²) in [7, 11) is -3.09. The summed E-state index contributed by atoms with van der Waals surface area (Å²) in [6, 6.07) is 5.20. The van der Waals surface area contributed by atoms with Gasteiger partial charge in [0.25, 0.3) is 0 Å². The highest BCUT2D eigenvalue weighted by Crippen LogP contribution is 2.21. The molecule has 1 atom stereocenters. The van der Waals surface area contributed by atoms with Crippen molar-refractivity contribution >= 4 is 21.4 Å². The van der Waals surface area contributed by atoms with Crippen molar-refractivity contribution < 1.29 is 13.2 Å². The van der Waals surface area contributed by atoms with Crippen LogP contribution in [0.15, 0.2) is 18.2 Å². The van der Waals surface area contributed by atoms with Crippen LogP contribution in [0.4, 0.5) is 5.69 Å². The molecular weight excluding hydrogens is 276 g/mol. The second-order valence-electron chi connectivity index (χ2n) is 5.30. The number of benzene rings is 1. The zero-order valence-electron chi connectivity index (χ0n) is 11.8. The topological polar surface area (TPSA) is 75.3 Å². The maximum atomic E-state index is 12.1. The average molecular weight is 296 g/mol. The van der Waals surface area contributed by atoms with Crippen molar-refractivity contribution in [1.29, 1.82) is 0 Å². The van der Waals surface area contributed by atoms with Crippen molar-refractivity contribution in [2.24, 2.45) is 0 Å². The first-order valence-electron chi connectivity index (χ1n) is 6.67. The summed E-state index contributed by atoms with van der Waals surface area (Å²) in [5, 5.41) is 6.02. The molecule has 6 heteroatoms. The van der Waals surface area contributed by atoms with Gasteiger partial charge in [-0.1, -0.05) is 12.1 Å². The Morgan fingerprint density at radius 3 is 2.80 bits per heavy atom. The number of amides is 1. The number of carbonyl (C=O) groups is 1. The molecule has 2 N–H and O–H groups in total. The third-order valence-electron chi connectivity index (χ3n) is 3.50. The Balaban J connectivity index is 2.16. The molecule has 20 heavy (non-hydrogen) atoms. The molecule has 0 saturated carbocycles. The number of nitrogens with one attached hydrogen (secondary N) is 2. The predicted octanol–water partition coefficient (Wildman–Crippen LogP) is 1.23. The standard InChI is InChI=1S/C14H20N2O3S/c1-10-11(9-20(2,18)19)5-3-6-12(10)16-14(17)13-7-4-8-15-13/h3,5-6,13,15H,4,7-9H2,1-2H3,(H,16,17). The summed E-state index contributed by atoms with van der Waals surface area (Å²) in [6.07, 6.45) is 3.05. The Labute approximate surface area is 119 Å². The highest BCUT2D eigenvalue weighted by molar-refractivity contribution is 7.89. The lowest BCUT2D eigenvalue weighted by Gasteiger charge is -2.15. The Bertz CT molecular complexity index is 605. The Morgan fingerprint density at radius 2 is 2.20 bits per heavy atom. The van der Waals surface area contributed by atoms with Crippen LogP contribution in [0.25, 0.3) is 0 Å². The fourth-order valence-electron chi connectivity index (χ4n) is 2.39. The van der Waals surface area contributed by atoms with E-state index in [1.807, 2.05) is 6.92 Å². The van der Waals surface area contributed by atoms with E-state index in [1.54, 1.807) is 18.2 Å². The molecule has 1 heterocycles. The maximum Gasteiger partial charge on any atom is 0.241 e. The van der Waals surface area contributed by atoms with E-state index in [1.165, 1.54) is 6.26 Å². The van der Waals surface area contributed by atoms with Crippen LogP contribution in [-0.2, 0) is 20.4 Å². The van der Waals surface area contributed by atoms with Gasteiger partial charge < -0.3 is 10.6 Å². The van der Waals surface area contributed by atoms with Gasteiger partial charge in [0.2, 0.25) is 5.91 Å². The van der Waals surface area contributed by atoms with Crippen molar-refractivity contribution in [2.75, 3.05) is 18.1 Å². The predicted molar refractivity (Wildman–Crippen MR) is 79.4 cm³/mol. The summed E-state index contributed by atoms with van der Waals surface area (Å²) in [5.41, 5.74) is 2.22. The number of hydrogen-bond acceptors (Lipinski definition) is 4. The lowest BCUT2D eigenvalue weighted by atomic mass is 10.1. The highest BCUT2D eigenvalue weighted by atomic mass is 32.2. The first-order chi connectivity index (χ1) is 9.37. The molecule has 1 aliphatic heterocycles. The lowest BCUT2D eigenvalue weighted by Crippen LogP contribution is -2.35. The summed E-state index contributed by atoms with van der Waals surface area (Å²) in [4.78, 5) is 12.1. The van der Waals surface area contributed by atoms with E-state index in [0.29, 0.717) is 5.69 Å². The summed E-state index contributed by atoms with van der Waals surface area (Å²) in [6.45, 7) is 2.70. The molecule has 1 aliphatic rings. The molecule has 1 aromatic carbocycles. The second kappa shape index (κ2) is 5.93. The van der Waals surface area contributed by atoms with Crippen LogP contribution in [0, 0.1) is 6.92 Å². The first-order valence-corrected chi connectivity index (χ1v) is 8.73. The van der Waals surface area contributed by atoms with E-state index < -0.39 is 9.84 Å². The Hall–Kier alpha value is -1.40. The molecule has 1 saturated heterocycles. The van der Waals surface area contributed by atoms with Crippen molar-refractivity contribution in [3.63, 3.8) is 0 Å². The van der Waals surface area contributed by atoms with Crippen molar-refractivity contribution in [1.82, 2.24) is 5.32 Å². The fraction of sp³-hybridized carbons (Fsp3) is 0.500. The third kappa shape index (κ3) is 3.80. The Morgan fingerprint density at radius 1 is 1.45 bits per heavy atom. The van der Waals surface area contributed by atoms with Crippen molar-refractivity contribution in [3.05, 3.63) is 29.3 Å². The van der Waals surface area contributed by atoms with Gasteiger partial charge in [-0.2, -0.15) is 0 Å². The van der Waals surface area contributed by atoms with Gasteiger partial charge in [0, 0.05) is 11.9 Å². The SMILES string of the molecule is Cc1c(CS(C)(=O)=O)cccc1NC(=O)C1CCCN1. The number of carbonyl (C=O) groups excluding carboxylic acids is 1. The normalized spacial score (nSPS) is 19.0. The van der Waals surface area contributed by atoms with Gasteiger partial charge in [-0.05, 0) is 43.5 Å². The minimum atomic E-state index is -3.09. The van der Waals surface area contributed by atoms with Crippen LogP contribution in [0.2, 0.25) is 0 Å². The summed E-state index contributed by atoms with van der Waals surface area (Å²) >= 11 is 0. The molecule has 2 rings (SSSR count). The highest BCUT2D eigenvalue weighted by Gasteiger charge is 2.22. The summed E-state index contributed by atoms with van der Waals surface area (Å²) < 4.78 is 22.8. The molecule has 0 radical (unpaired) electrons. The molecule has 5 nitrogen and oxygen atoms in total. The van der Waals surface area contributed by atoms with Crippen LogP contribution in [0.3, 0.4) is 0 Å². The van der Waals surface area contributed by atoms with E-state index in [4.69, 9.17) is 0 Å². The molecule has 0 aromatic heterocycles. The van der Waals surface area contributed by atoms with Gasteiger partial charge in [-0.25, -0.2) is 8.42 Å². The molecule has 1 aromatic rings. The first kappa shape index (κ1) is 15.0. The number of rotatable bonds is 4. The minimum absolute atomic E-state index is 0.00970. The summed E-state index contributed by atoms with van der Waals surface area (Å²) in [5.74, 6) is -0.0633.